The molecule has 12 heteroatoms. The number of carbonyl (C=O) groups is 3. The van der Waals surface area contributed by atoms with Gasteiger partial charge in [0.2, 0.25) is 5.91 Å². The number of esters is 1. The molecule has 2 rings (SSSR count). The van der Waals surface area contributed by atoms with Gasteiger partial charge in [-0.3, -0.25) is 19.8 Å². The molecule has 0 bridgehead atoms. The Kier molecular flexibility index (Phi) is 10.7. The maximum Gasteiger partial charge on any atom is 0.471 e. The van der Waals surface area contributed by atoms with Gasteiger partial charge in [-0.25, -0.2) is 0 Å². The second-order valence-corrected chi connectivity index (χ2v) is 9.21. The highest BCUT2D eigenvalue weighted by Crippen LogP contribution is 2.27. The van der Waals surface area contributed by atoms with Gasteiger partial charge in [0.15, 0.2) is 0 Å². The molecule has 0 spiro atoms. The average molecular weight is 560 g/mol. The molecule has 0 aliphatic heterocycles. The van der Waals surface area contributed by atoms with Crippen molar-refractivity contribution in [2.45, 2.75) is 52.4 Å². The number of anilines is 2. The highest BCUT2D eigenvalue weighted by Gasteiger charge is 2.42. The number of hydrogen-bond donors (Lipinski definition) is 4. The first-order chi connectivity index (χ1) is 18.6. The van der Waals surface area contributed by atoms with Crippen LogP contribution in [0.1, 0.15) is 42.5 Å². The van der Waals surface area contributed by atoms with Crippen LogP contribution in [0.2, 0.25) is 0 Å². The van der Waals surface area contributed by atoms with Gasteiger partial charge in [-0.05, 0) is 75.2 Å². The highest BCUT2D eigenvalue weighted by molar-refractivity contribution is 6.02. The molecule has 0 heterocycles. The Morgan fingerprint density at radius 3 is 2.25 bits per heavy atom. The van der Waals surface area contributed by atoms with Crippen LogP contribution in [-0.2, 0) is 19.1 Å². The van der Waals surface area contributed by atoms with E-state index in [4.69, 9.17) is 11.1 Å². The number of benzene rings is 2. The highest BCUT2D eigenvalue weighted by atomic mass is 19.4. The molecule has 2 aromatic rings. The second-order valence-electron chi connectivity index (χ2n) is 9.21. The number of nitrogen functional groups attached to an aromatic ring is 1. The molecule has 0 aromatic heterocycles. The van der Waals surface area contributed by atoms with E-state index in [1.807, 2.05) is 0 Å². The third-order valence-corrected chi connectivity index (χ3v) is 5.82. The molecule has 9 nitrogen and oxygen atoms in total. The maximum absolute atomic E-state index is 13.4. The number of amides is 2. The van der Waals surface area contributed by atoms with E-state index in [1.54, 1.807) is 69.4 Å². The molecule has 0 saturated heterocycles. The molecule has 0 aliphatic rings. The van der Waals surface area contributed by atoms with Gasteiger partial charge in [-0.1, -0.05) is 11.8 Å². The number of hydrogen-bond acceptors (Lipinski definition) is 6. The molecule has 0 radical (unpaired) electrons. The molecule has 5 N–H and O–H groups in total. The summed E-state index contributed by atoms with van der Waals surface area (Å²) in [5.41, 5.74) is 9.27. The normalized spacial score (nSPS) is 11.6. The topological polar surface area (TPSA) is 138 Å². The van der Waals surface area contributed by atoms with E-state index >= 15 is 0 Å². The third-order valence-electron chi connectivity index (χ3n) is 5.82. The van der Waals surface area contributed by atoms with Gasteiger partial charge in [0.25, 0.3) is 0 Å². The van der Waals surface area contributed by atoms with Gasteiger partial charge in [-0.2, -0.15) is 13.2 Å². The fraction of sp³-hybridized carbons (Fsp3) is 0.357. The monoisotopic (exact) mass is 559 g/mol. The summed E-state index contributed by atoms with van der Waals surface area (Å²) in [4.78, 5) is 38.1. The van der Waals surface area contributed by atoms with E-state index in [2.05, 4.69) is 21.9 Å². The number of nitrogens with zero attached hydrogens (tertiary/aromatic N) is 1. The Labute approximate surface area is 230 Å². The van der Waals surface area contributed by atoms with Gasteiger partial charge < -0.3 is 26.0 Å². The van der Waals surface area contributed by atoms with Crippen molar-refractivity contribution >= 4 is 35.0 Å². The van der Waals surface area contributed by atoms with E-state index < -0.39 is 42.5 Å². The van der Waals surface area contributed by atoms with Crippen molar-refractivity contribution in [1.82, 2.24) is 5.32 Å². The van der Waals surface area contributed by atoms with Crippen molar-refractivity contribution in [3.63, 3.8) is 0 Å². The number of nitrogens with one attached hydrogen (secondary N) is 3. The summed E-state index contributed by atoms with van der Waals surface area (Å²) in [7, 11) is 1.03. The maximum atomic E-state index is 13.4. The lowest BCUT2D eigenvalue weighted by molar-refractivity contribution is -0.175. The van der Waals surface area contributed by atoms with Crippen LogP contribution in [0.5, 0.6) is 0 Å². The van der Waals surface area contributed by atoms with Crippen molar-refractivity contribution in [2.75, 3.05) is 23.9 Å². The quantitative estimate of drug-likeness (QED) is 0.161. The number of halogens is 3. The molecule has 2 aromatic carbocycles. The van der Waals surface area contributed by atoms with Crippen LogP contribution in [0.3, 0.4) is 0 Å². The Hall–Kier alpha value is -4.53. The van der Waals surface area contributed by atoms with Gasteiger partial charge in [0.1, 0.15) is 11.9 Å². The summed E-state index contributed by atoms with van der Waals surface area (Å²) in [6.07, 6.45) is -6.01. The fourth-order valence-electron chi connectivity index (χ4n) is 3.76. The van der Waals surface area contributed by atoms with Gasteiger partial charge in [0, 0.05) is 28.5 Å². The number of carbonyl (C=O) groups excluding carboxylic acids is 3. The van der Waals surface area contributed by atoms with Gasteiger partial charge in [-0.15, -0.1) is 0 Å². The SMILES string of the molecule is COC(=O)CC(NC(=O)C(F)(F)F)C(=O)N(c1cc(C)c(C#CCNc2ccc(C(=N)N)cc2)cc1C)C(C)C. The van der Waals surface area contributed by atoms with Crippen LogP contribution in [-0.4, -0.2) is 55.5 Å². The molecule has 0 fully saturated rings. The number of amidine groups is 1. The lowest BCUT2D eigenvalue weighted by Gasteiger charge is -2.32. The van der Waals surface area contributed by atoms with Crippen molar-refractivity contribution < 1.29 is 32.3 Å². The van der Waals surface area contributed by atoms with E-state index in [1.165, 1.54) is 4.90 Å². The molecule has 2 amide bonds. The summed E-state index contributed by atoms with van der Waals surface area (Å²) >= 11 is 0. The summed E-state index contributed by atoms with van der Waals surface area (Å²) in [5, 5.41) is 12.2. The molecule has 214 valence electrons. The van der Waals surface area contributed by atoms with Crippen LogP contribution in [0.15, 0.2) is 36.4 Å². The van der Waals surface area contributed by atoms with Crippen molar-refractivity contribution in [2.24, 2.45) is 5.73 Å². The summed E-state index contributed by atoms with van der Waals surface area (Å²) in [5.74, 6) is 1.88. The third kappa shape index (κ3) is 8.49. The van der Waals surface area contributed by atoms with E-state index in [0.29, 0.717) is 34.5 Å². The van der Waals surface area contributed by atoms with Gasteiger partial charge >= 0.3 is 18.1 Å². The lowest BCUT2D eigenvalue weighted by Crippen LogP contribution is -2.54. The molecule has 0 saturated carbocycles. The molecule has 1 atom stereocenters. The summed E-state index contributed by atoms with van der Waals surface area (Å²) < 4.78 is 43.3. The van der Waals surface area contributed by atoms with E-state index in [0.717, 1.165) is 12.8 Å². The summed E-state index contributed by atoms with van der Waals surface area (Å²) in [6.45, 7) is 7.15. The minimum absolute atomic E-state index is 0.0246. The van der Waals surface area contributed by atoms with Crippen LogP contribution >= 0.6 is 0 Å². The minimum atomic E-state index is -5.24. The average Bonchev–Trinajstić information content (AvgIpc) is 2.87. The Balaban J connectivity index is 2.30. The van der Waals surface area contributed by atoms with E-state index in [9.17, 15) is 27.6 Å². The fourth-order valence-corrected chi connectivity index (χ4v) is 3.76. The molecule has 1 unspecified atom stereocenters. The van der Waals surface area contributed by atoms with Crippen LogP contribution < -0.4 is 21.3 Å². The van der Waals surface area contributed by atoms with Crippen LogP contribution in [0, 0.1) is 31.1 Å². The predicted molar refractivity (Wildman–Crippen MR) is 146 cm³/mol. The largest absolute Gasteiger partial charge is 0.471 e. The lowest BCUT2D eigenvalue weighted by atomic mass is 10.0. The number of alkyl halides is 3. The van der Waals surface area contributed by atoms with Crippen LogP contribution in [0.25, 0.3) is 0 Å². The summed E-state index contributed by atoms with van der Waals surface area (Å²) in [6, 6.07) is 8.13. The minimum Gasteiger partial charge on any atom is -0.469 e. The second kappa shape index (κ2) is 13.5. The zero-order valence-corrected chi connectivity index (χ0v) is 22.8. The number of rotatable bonds is 9. The molecular weight excluding hydrogens is 527 g/mol. The van der Waals surface area contributed by atoms with Crippen molar-refractivity contribution in [3.8, 4) is 11.8 Å². The first-order valence-corrected chi connectivity index (χ1v) is 12.2. The number of ether oxygens (including phenoxy) is 1. The van der Waals surface area contributed by atoms with E-state index in [-0.39, 0.29) is 5.84 Å². The standard InChI is InChI=1S/C28H32F3N5O4/c1-16(2)36(26(38)22(15-24(37)40-5)35-27(39)28(29,30)31)23-14-17(3)20(13-18(23)4)7-6-12-34-21-10-8-19(9-11-21)25(32)33/h8-11,13-14,16,22,34H,12,15H2,1-5H3,(H3,32,33)(H,35,39). The number of methoxy groups -OCH3 is 1. The molecular formula is C28H32F3N5O4. The number of nitrogens with two attached hydrogens (primary N) is 1. The van der Waals surface area contributed by atoms with Crippen molar-refractivity contribution in [1.29, 1.82) is 5.41 Å². The molecule has 40 heavy (non-hydrogen) atoms. The zero-order valence-electron chi connectivity index (χ0n) is 22.8. The Morgan fingerprint density at radius 2 is 1.73 bits per heavy atom. The Morgan fingerprint density at radius 1 is 1.10 bits per heavy atom. The smallest absolute Gasteiger partial charge is 0.469 e. The van der Waals surface area contributed by atoms with Gasteiger partial charge in [0.05, 0.1) is 20.1 Å². The number of aryl methyl sites for hydroxylation is 2. The Bertz CT molecular complexity index is 1330. The zero-order chi connectivity index (χ0) is 30.2. The first kappa shape index (κ1) is 31.7. The first-order valence-electron chi connectivity index (χ1n) is 12.2. The van der Waals surface area contributed by atoms with Crippen LogP contribution in [0.4, 0.5) is 24.5 Å². The van der Waals surface area contributed by atoms with Crippen molar-refractivity contribution in [3.05, 3.63) is 58.7 Å². The predicted octanol–water partition coefficient (Wildman–Crippen LogP) is 3.40. The molecule has 0 aliphatic carbocycles.